The lowest BCUT2D eigenvalue weighted by Gasteiger charge is -2.26. The van der Waals surface area contributed by atoms with E-state index in [0.717, 1.165) is 11.1 Å². The Labute approximate surface area is 146 Å². The maximum Gasteiger partial charge on any atom is 0.171 e. The van der Waals surface area contributed by atoms with Gasteiger partial charge < -0.3 is 0 Å². The molecule has 2 aromatic rings. The Bertz CT molecular complexity index is 1020. The smallest absolute Gasteiger partial charge is 0.171 e. The fraction of sp³-hybridized carbons (Fsp3) is 0.143. The Morgan fingerprint density at radius 3 is 2.56 bits per heavy atom. The zero-order valence-electron chi connectivity index (χ0n) is 13.5. The van der Waals surface area contributed by atoms with Gasteiger partial charge in [-0.25, -0.2) is 12.8 Å². The topological polar surface area (TPSA) is 34.1 Å². The summed E-state index contributed by atoms with van der Waals surface area (Å²) in [5.41, 5.74) is 3.55. The van der Waals surface area contributed by atoms with Gasteiger partial charge in [0.2, 0.25) is 0 Å². The minimum atomic E-state index is -3.22. The second-order valence-electron chi connectivity index (χ2n) is 6.36. The summed E-state index contributed by atoms with van der Waals surface area (Å²) in [4.78, 5) is 0. The molecular formula is C21H17FO2S. The van der Waals surface area contributed by atoms with Crippen LogP contribution in [0.2, 0.25) is 0 Å². The van der Waals surface area contributed by atoms with Crippen LogP contribution in [0.4, 0.5) is 4.39 Å². The van der Waals surface area contributed by atoms with Gasteiger partial charge in [0.25, 0.3) is 0 Å². The fourth-order valence-electron chi connectivity index (χ4n) is 3.42. The average Bonchev–Trinajstić information content (AvgIpc) is 2.61. The number of hydrogen-bond acceptors (Lipinski definition) is 2. The molecule has 0 bridgehead atoms. The first-order valence-electron chi connectivity index (χ1n) is 8.22. The second-order valence-corrected chi connectivity index (χ2v) is 8.33. The molecule has 4 rings (SSSR count). The highest BCUT2D eigenvalue weighted by molar-refractivity contribution is 7.94. The summed E-state index contributed by atoms with van der Waals surface area (Å²) >= 11 is 0. The minimum Gasteiger partial charge on any atom is -0.224 e. The lowest BCUT2D eigenvalue weighted by molar-refractivity contribution is 0.590. The van der Waals surface area contributed by atoms with Gasteiger partial charge in [-0.15, -0.1) is 0 Å². The predicted octanol–water partition coefficient (Wildman–Crippen LogP) is 4.76. The summed E-state index contributed by atoms with van der Waals surface area (Å²) in [7, 11) is -3.22. The van der Waals surface area contributed by atoms with E-state index in [2.05, 4.69) is 0 Å². The van der Waals surface area contributed by atoms with Crippen LogP contribution in [0, 0.1) is 11.7 Å². The van der Waals surface area contributed by atoms with E-state index < -0.39 is 9.84 Å². The van der Waals surface area contributed by atoms with Gasteiger partial charge in [0.05, 0.1) is 5.75 Å². The Morgan fingerprint density at radius 1 is 1.00 bits per heavy atom. The Morgan fingerprint density at radius 2 is 1.80 bits per heavy atom. The monoisotopic (exact) mass is 352 g/mol. The van der Waals surface area contributed by atoms with Gasteiger partial charge in [-0.3, -0.25) is 0 Å². The molecule has 0 fully saturated rings. The van der Waals surface area contributed by atoms with Crippen LogP contribution in [0.15, 0.2) is 77.7 Å². The summed E-state index contributed by atoms with van der Waals surface area (Å²) in [6.45, 7) is 0. The summed E-state index contributed by atoms with van der Waals surface area (Å²) < 4.78 is 38.8. The molecule has 2 aliphatic rings. The first kappa shape index (κ1) is 16.0. The maximum atomic E-state index is 14.8. The van der Waals surface area contributed by atoms with Crippen LogP contribution in [0.5, 0.6) is 0 Å². The molecule has 0 radical (unpaired) electrons. The van der Waals surface area contributed by atoms with Gasteiger partial charge in [0, 0.05) is 16.9 Å². The molecule has 0 aromatic heterocycles. The first-order chi connectivity index (χ1) is 12.0. The van der Waals surface area contributed by atoms with E-state index in [1.54, 1.807) is 12.1 Å². The van der Waals surface area contributed by atoms with Crippen molar-refractivity contribution in [1.82, 2.24) is 0 Å². The van der Waals surface area contributed by atoms with E-state index in [1.165, 1.54) is 11.5 Å². The van der Waals surface area contributed by atoms with Gasteiger partial charge in [-0.2, -0.15) is 0 Å². The lowest BCUT2D eigenvalue weighted by Crippen LogP contribution is -2.19. The molecule has 1 aliphatic heterocycles. The summed E-state index contributed by atoms with van der Waals surface area (Å²) in [5, 5.41) is 1.32. The molecule has 0 saturated carbocycles. The van der Waals surface area contributed by atoms with Crippen molar-refractivity contribution in [2.75, 3.05) is 5.75 Å². The molecule has 2 nitrogen and oxygen atoms in total. The van der Waals surface area contributed by atoms with Crippen LogP contribution in [-0.4, -0.2) is 14.2 Å². The fourth-order valence-corrected chi connectivity index (χ4v) is 4.81. The third kappa shape index (κ3) is 3.10. The molecule has 0 spiro atoms. The second kappa shape index (κ2) is 6.12. The summed E-state index contributed by atoms with van der Waals surface area (Å²) in [6.07, 6.45) is 6.22. The molecule has 0 saturated heterocycles. The van der Waals surface area contributed by atoms with Gasteiger partial charge in [0.1, 0.15) is 5.82 Å². The standard InChI is InChI=1S/C21H17FO2S/c22-21-13-17(15-5-2-1-3-6-15)9-10-19(21)18-8-4-7-16-11-12-25(23,24)14-20(16)18/h1-10,13-14,16H,11-12H2. The van der Waals surface area contributed by atoms with Crippen molar-refractivity contribution in [3.05, 3.63) is 89.1 Å². The van der Waals surface area contributed by atoms with Gasteiger partial charge in [0.15, 0.2) is 9.84 Å². The van der Waals surface area contributed by atoms with Gasteiger partial charge in [-0.1, -0.05) is 60.7 Å². The van der Waals surface area contributed by atoms with Crippen molar-refractivity contribution < 1.29 is 12.8 Å². The van der Waals surface area contributed by atoms with E-state index >= 15 is 0 Å². The predicted molar refractivity (Wildman–Crippen MR) is 98.9 cm³/mol. The van der Waals surface area contributed by atoms with Crippen LogP contribution >= 0.6 is 0 Å². The number of sulfone groups is 1. The molecule has 126 valence electrons. The third-order valence-electron chi connectivity index (χ3n) is 4.70. The summed E-state index contributed by atoms with van der Waals surface area (Å²) in [6, 6.07) is 14.7. The molecular weight excluding hydrogens is 335 g/mol. The normalized spacial score (nSPS) is 21.2. The van der Waals surface area contributed by atoms with Gasteiger partial charge >= 0.3 is 0 Å². The van der Waals surface area contributed by atoms with Crippen LogP contribution in [0.25, 0.3) is 16.7 Å². The number of hydrogen-bond donors (Lipinski definition) is 0. The maximum absolute atomic E-state index is 14.8. The number of rotatable bonds is 2. The van der Waals surface area contributed by atoms with Crippen molar-refractivity contribution in [1.29, 1.82) is 0 Å². The average molecular weight is 352 g/mol. The first-order valence-corrected chi connectivity index (χ1v) is 9.94. The number of fused-ring (bicyclic) bond motifs is 1. The molecule has 0 N–H and O–H groups in total. The molecule has 2 aromatic carbocycles. The van der Waals surface area contributed by atoms with E-state index in [1.807, 2.05) is 48.6 Å². The van der Waals surface area contributed by atoms with Crippen molar-refractivity contribution in [3.63, 3.8) is 0 Å². The Hall–Kier alpha value is -2.46. The van der Waals surface area contributed by atoms with Crippen LogP contribution in [-0.2, 0) is 9.84 Å². The highest BCUT2D eigenvalue weighted by atomic mass is 32.2. The number of halogens is 1. The van der Waals surface area contributed by atoms with E-state index in [4.69, 9.17) is 0 Å². The van der Waals surface area contributed by atoms with Crippen molar-refractivity contribution >= 4 is 15.4 Å². The van der Waals surface area contributed by atoms with Crippen LogP contribution in [0.1, 0.15) is 12.0 Å². The minimum absolute atomic E-state index is 0.0386. The van der Waals surface area contributed by atoms with Crippen molar-refractivity contribution in [3.8, 4) is 11.1 Å². The van der Waals surface area contributed by atoms with E-state index in [0.29, 0.717) is 23.1 Å². The Kier molecular flexibility index (Phi) is 3.92. The lowest BCUT2D eigenvalue weighted by atomic mass is 9.83. The number of allylic oxidation sites excluding steroid dienone is 5. The highest BCUT2D eigenvalue weighted by Gasteiger charge is 2.28. The summed E-state index contributed by atoms with van der Waals surface area (Å²) in [5.74, 6) is -0.156. The molecule has 1 unspecified atom stereocenters. The highest BCUT2D eigenvalue weighted by Crippen LogP contribution is 2.39. The van der Waals surface area contributed by atoms with Crippen molar-refractivity contribution in [2.24, 2.45) is 5.92 Å². The molecule has 1 heterocycles. The molecule has 0 amide bonds. The van der Waals surface area contributed by atoms with E-state index in [9.17, 15) is 12.8 Å². The third-order valence-corrected chi connectivity index (χ3v) is 6.12. The molecule has 25 heavy (non-hydrogen) atoms. The largest absolute Gasteiger partial charge is 0.224 e. The molecule has 1 aliphatic carbocycles. The quantitative estimate of drug-likeness (QED) is 0.780. The molecule has 1 atom stereocenters. The molecule has 4 heteroatoms. The van der Waals surface area contributed by atoms with Crippen molar-refractivity contribution in [2.45, 2.75) is 6.42 Å². The van der Waals surface area contributed by atoms with E-state index in [-0.39, 0.29) is 17.5 Å². The Balaban J connectivity index is 1.78. The zero-order chi connectivity index (χ0) is 17.4. The SMILES string of the molecule is O=S1(=O)C=C2C(c3ccc(-c4ccccc4)cc3F)=CC=CC2CC1. The zero-order valence-corrected chi connectivity index (χ0v) is 14.3. The van der Waals surface area contributed by atoms with Gasteiger partial charge in [-0.05, 0) is 34.8 Å². The van der Waals surface area contributed by atoms with Crippen LogP contribution < -0.4 is 0 Å². The van der Waals surface area contributed by atoms with Crippen LogP contribution in [0.3, 0.4) is 0 Å². The number of benzene rings is 2.